The Labute approximate surface area is 200 Å². The molecule has 0 amide bonds. The maximum Gasteiger partial charge on any atom is 0.182 e. The lowest BCUT2D eigenvalue weighted by atomic mass is 9.87. The standard InChI is InChI=1S/C31H28N2O/c1-31(2,3)26-19-17-25(18-20-26)30-32-27-11-7-8-12-28(27)33(30)21-29(34)24-15-13-23(14-16-24)22-9-5-4-6-10-22/h4-20H,21H2,1-3H3. The number of imidazole rings is 1. The fourth-order valence-electron chi connectivity index (χ4n) is 4.29. The monoisotopic (exact) mass is 444 g/mol. The second kappa shape index (κ2) is 8.75. The van der Waals surface area contributed by atoms with E-state index in [1.54, 1.807) is 0 Å². The number of benzene rings is 4. The van der Waals surface area contributed by atoms with Crippen molar-refractivity contribution in [3.05, 3.63) is 114 Å². The number of para-hydroxylation sites is 2. The van der Waals surface area contributed by atoms with Gasteiger partial charge in [0.25, 0.3) is 0 Å². The zero-order valence-corrected chi connectivity index (χ0v) is 19.8. The summed E-state index contributed by atoms with van der Waals surface area (Å²) in [5, 5.41) is 0. The normalized spacial score (nSPS) is 11.6. The Bertz CT molecular complexity index is 1440. The third kappa shape index (κ3) is 4.29. The first-order valence-electron chi connectivity index (χ1n) is 11.6. The van der Waals surface area contributed by atoms with E-state index in [0.29, 0.717) is 5.56 Å². The summed E-state index contributed by atoms with van der Waals surface area (Å²) in [6.45, 7) is 6.86. The Kier molecular flexibility index (Phi) is 5.62. The first-order chi connectivity index (χ1) is 16.4. The van der Waals surface area contributed by atoms with Gasteiger partial charge in [-0.05, 0) is 34.2 Å². The van der Waals surface area contributed by atoms with Gasteiger partial charge in [0.15, 0.2) is 5.78 Å². The lowest BCUT2D eigenvalue weighted by Gasteiger charge is -2.19. The molecule has 3 nitrogen and oxygen atoms in total. The van der Waals surface area contributed by atoms with Gasteiger partial charge in [0.05, 0.1) is 17.6 Å². The summed E-state index contributed by atoms with van der Waals surface area (Å²) in [4.78, 5) is 18.2. The predicted molar refractivity (Wildman–Crippen MR) is 140 cm³/mol. The third-order valence-corrected chi connectivity index (χ3v) is 6.28. The van der Waals surface area contributed by atoms with Crippen LogP contribution in [0.3, 0.4) is 0 Å². The molecule has 5 rings (SSSR count). The van der Waals surface area contributed by atoms with Gasteiger partial charge in [0, 0.05) is 11.1 Å². The van der Waals surface area contributed by atoms with E-state index in [1.807, 2.05) is 71.3 Å². The van der Waals surface area contributed by atoms with Gasteiger partial charge < -0.3 is 4.57 Å². The van der Waals surface area contributed by atoms with E-state index in [1.165, 1.54) is 5.56 Å². The molecule has 0 saturated heterocycles. The highest BCUT2D eigenvalue weighted by Gasteiger charge is 2.18. The zero-order valence-electron chi connectivity index (χ0n) is 19.8. The summed E-state index contributed by atoms with van der Waals surface area (Å²) in [5.41, 5.74) is 7.17. The van der Waals surface area contributed by atoms with Crippen LogP contribution in [0.25, 0.3) is 33.5 Å². The van der Waals surface area contributed by atoms with Crippen molar-refractivity contribution in [1.29, 1.82) is 0 Å². The van der Waals surface area contributed by atoms with Crippen molar-refractivity contribution in [2.45, 2.75) is 32.7 Å². The Balaban J connectivity index is 1.48. The van der Waals surface area contributed by atoms with E-state index < -0.39 is 0 Å². The minimum Gasteiger partial charge on any atom is -0.316 e. The van der Waals surface area contributed by atoms with Crippen molar-refractivity contribution in [1.82, 2.24) is 9.55 Å². The van der Waals surface area contributed by atoms with Gasteiger partial charge in [0.2, 0.25) is 0 Å². The maximum absolute atomic E-state index is 13.3. The molecule has 34 heavy (non-hydrogen) atoms. The predicted octanol–water partition coefficient (Wildman–Crippen LogP) is 7.55. The van der Waals surface area contributed by atoms with Gasteiger partial charge in [-0.1, -0.05) is 112 Å². The SMILES string of the molecule is CC(C)(C)c1ccc(-c2nc3ccccc3n2CC(=O)c2ccc(-c3ccccc3)cc2)cc1. The number of hydrogen-bond donors (Lipinski definition) is 0. The molecule has 0 bridgehead atoms. The van der Waals surface area contributed by atoms with Crippen LogP contribution in [0.2, 0.25) is 0 Å². The van der Waals surface area contributed by atoms with Crippen molar-refractivity contribution in [3.63, 3.8) is 0 Å². The lowest BCUT2D eigenvalue weighted by Crippen LogP contribution is -2.12. The van der Waals surface area contributed by atoms with Gasteiger partial charge in [0.1, 0.15) is 5.82 Å². The lowest BCUT2D eigenvalue weighted by molar-refractivity contribution is 0.0974. The third-order valence-electron chi connectivity index (χ3n) is 6.28. The highest BCUT2D eigenvalue weighted by Crippen LogP contribution is 2.29. The molecule has 3 heteroatoms. The van der Waals surface area contributed by atoms with Gasteiger partial charge in [-0.15, -0.1) is 0 Å². The number of hydrogen-bond acceptors (Lipinski definition) is 2. The van der Waals surface area contributed by atoms with Crippen LogP contribution in [0, 0.1) is 0 Å². The van der Waals surface area contributed by atoms with Gasteiger partial charge in [-0.25, -0.2) is 4.98 Å². The largest absolute Gasteiger partial charge is 0.316 e. The molecule has 0 aliphatic heterocycles. The van der Waals surface area contributed by atoms with Gasteiger partial charge in [-0.2, -0.15) is 0 Å². The number of carbonyl (C=O) groups is 1. The van der Waals surface area contributed by atoms with E-state index in [9.17, 15) is 4.79 Å². The van der Waals surface area contributed by atoms with Crippen LogP contribution < -0.4 is 0 Å². The molecule has 168 valence electrons. The van der Waals surface area contributed by atoms with E-state index in [4.69, 9.17) is 4.98 Å². The number of fused-ring (bicyclic) bond motifs is 1. The number of rotatable bonds is 5. The summed E-state index contributed by atoms with van der Waals surface area (Å²) in [6.07, 6.45) is 0. The Hall–Kier alpha value is -3.98. The fourth-order valence-corrected chi connectivity index (χ4v) is 4.29. The number of aromatic nitrogens is 2. The van der Waals surface area contributed by atoms with E-state index in [-0.39, 0.29) is 17.7 Å². The van der Waals surface area contributed by atoms with Crippen LogP contribution >= 0.6 is 0 Å². The molecule has 1 heterocycles. The number of carbonyl (C=O) groups excluding carboxylic acids is 1. The second-order valence-corrected chi connectivity index (χ2v) is 9.70. The molecule has 0 fully saturated rings. The van der Waals surface area contributed by atoms with E-state index in [0.717, 1.165) is 33.5 Å². The molecular weight excluding hydrogens is 416 g/mol. The van der Waals surface area contributed by atoms with Crippen molar-refractivity contribution in [3.8, 4) is 22.5 Å². The molecule has 0 aliphatic carbocycles. The van der Waals surface area contributed by atoms with Gasteiger partial charge >= 0.3 is 0 Å². The molecule has 0 N–H and O–H groups in total. The maximum atomic E-state index is 13.3. The summed E-state index contributed by atoms with van der Waals surface area (Å²) >= 11 is 0. The van der Waals surface area contributed by atoms with Crippen LogP contribution in [0.1, 0.15) is 36.7 Å². The first-order valence-corrected chi connectivity index (χ1v) is 11.6. The fraction of sp³-hybridized carbons (Fsp3) is 0.161. The molecule has 0 aliphatic rings. The molecule has 1 aromatic heterocycles. The quantitative estimate of drug-likeness (QED) is 0.262. The van der Waals surface area contributed by atoms with Crippen molar-refractivity contribution in [2.75, 3.05) is 0 Å². The highest BCUT2D eigenvalue weighted by molar-refractivity contribution is 5.97. The van der Waals surface area contributed by atoms with Gasteiger partial charge in [-0.3, -0.25) is 4.79 Å². The summed E-state index contributed by atoms with van der Waals surface area (Å²) in [5.74, 6) is 0.881. The minimum atomic E-state index is 0.0651. The Morgan fingerprint density at radius 1 is 0.706 bits per heavy atom. The van der Waals surface area contributed by atoms with E-state index >= 15 is 0 Å². The van der Waals surface area contributed by atoms with Crippen LogP contribution in [0.4, 0.5) is 0 Å². The zero-order chi connectivity index (χ0) is 23.7. The molecule has 4 aromatic carbocycles. The topological polar surface area (TPSA) is 34.9 Å². The van der Waals surface area contributed by atoms with Crippen molar-refractivity contribution < 1.29 is 4.79 Å². The molecule has 0 atom stereocenters. The van der Waals surface area contributed by atoms with Crippen LogP contribution in [-0.2, 0) is 12.0 Å². The molecule has 0 spiro atoms. The van der Waals surface area contributed by atoms with E-state index in [2.05, 4.69) is 57.2 Å². The first kappa shape index (κ1) is 21.8. The highest BCUT2D eigenvalue weighted by atomic mass is 16.1. The van der Waals surface area contributed by atoms with Crippen molar-refractivity contribution >= 4 is 16.8 Å². The van der Waals surface area contributed by atoms with Crippen LogP contribution in [0.5, 0.6) is 0 Å². The molecule has 5 aromatic rings. The number of ketones is 1. The Morgan fingerprint density at radius 3 is 1.97 bits per heavy atom. The molecule has 0 radical (unpaired) electrons. The summed E-state index contributed by atoms with van der Waals surface area (Å²) in [7, 11) is 0. The van der Waals surface area contributed by atoms with Crippen molar-refractivity contribution in [2.24, 2.45) is 0 Å². The molecule has 0 unspecified atom stereocenters. The average Bonchev–Trinajstić information content (AvgIpc) is 3.22. The minimum absolute atomic E-state index is 0.0651. The van der Waals surface area contributed by atoms with Crippen LogP contribution in [0.15, 0.2) is 103 Å². The van der Waals surface area contributed by atoms with Crippen LogP contribution in [-0.4, -0.2) is 15.3 Å². The number of nitrogens with zero attached hydrogens (tertiary/aromatic N) is 2. The number of Topliss-reactive ketones (excluding diaryl/α,β-unsaturated/α-hetero) is 1. The summed E-state index contributed by atoms with van der Waals surface area (Å²) in [6, 6.07) is 34.6. The second-order valence-electron chi connectivity index (χ2n) is 9.70. The average molecular weight is 445 g/mol. The Morgan fingerprint density at radius 2 is 1.29 bits per heavy atom. The summed E-state index contributed by atoms with van der Waals surface area (Å²) < 4.78 is 2.04. The molecular formula is C31H28N2O. The molecule has 0 saturated carbocycles. The smallest absolute Gasteiger partial charge is 0.182 e.